The van der Waals surface area contributed by atoms with Crippen LogP contribution in [0, 0.1) is 0 Å². The van der Waals surface area contributed by atoms with E-state index < -0.39 is 17.7 Å². The van der Waals surface area contributed by atoms with Gasteiger partial charge in [0.1, 0.15) is 5.82 Å². The molecule has 0 aromatic carbocycles. The van der Waals surface area contributed by atoms with Gasteiger partial charge in [-0.2, -0.15) is 0 Å². The molecule has 0 spiro atoms. The van der Waals surface area contributed by atoms with Gasteiger partial charge >= 0.3 is 0 Å². The summed E-state index contributed by atoms with van der Waals surface area (Å²) in [6, 6.07) is 2.59. The number of halogens is 2. The third-order valence-electron chi connectivity index (χ3n) is 2.85. The minimum Gasteiger partial charge on any atom is -0.384 e. The van der Waals surface area contributed by atoms with Crippen molar-refractivity contribution in [3.63, 3.8) is 0 Å². The summed E-state index contributed by atoms with van der Waals surface area (Å²) in [5.41, 5.74) is 9.60. The zero-order valence-corrected chi connectivity index (χ0v) is 8.41. The van der Waals surface area contributed by atoms with E-state index in [1.54, 1.807) is 0 Å². The van der Waals surface area contributed by atoms with E-state index in [-0.39, 0.29) is 17.1 Å². The maximum absolute atomic E-state index is 12.8. The number of alkyl halides is 2. The topological polar surface area (TPSA) is 82.0 Å². The van der Waals surface area contributed by atoms with Crippen molar-refractivity contribution in [2.75, 3.05) is 5.73 Å². The highest BCUT2D eigenvalue weighted by Gasteiger charge is 2.54. The Balaban J connectivity index is 2.46. The first kappa shape index (κ1) is 10.8. The molecule has 1 amide bonds. The number of nitrogen functional groups attached to an aromatic ring is 1. The van der Waals surface area contributed by atoms with Crippen LogP contribution in [0.15, 0.2) is 12.1 Å². The van der Waals surface area contributed by atoms with E-state index in [1.807, 2.05) is 0 Å². The van der Waals surface area contributed by atoms with E-state index in [0.29, 0.717) is 12.8 Å². The van der Waals surface area contributed by atoms with Crippen LogP contribution >= 0.6 is 0 Å². The summed E-state index contributed by atoms with van der Waals surface area (Å²) < 4.78 is 25.7. The molecule has 4 nitrogen and oxygen atoms in total. The van der Waals surface area contributed by atoms with Crippen LogP contribution in [-0.2, 0) is 5.41 Å². The molecule has 0 bridgehead atoms. The average Bonchev–Trinajstić information content (AvgIpc) is 2.97. The van der Waals surface area contributed by atoms with Crippen molar-refractivity contribution in [2.24, 2.45) is 5.73 Å². The van der Waals surface area contributed by atoms with Crippen LogP contribution < -0.4 is 11.5 Å². The lowest BCUT2D eigenvalue weighted by Crippen LogP contribution is -2.21. The third-order valence-corrected chi connectivity index (χ3v) is 2.85. The second-order valence-corrected chi connectivity index (χ2v) is 3.99. The number of primary amides is 1. The van der Waals surface area contributed by atoms with Crippen LogP contribution in [-0.4, -0.2) is 17.3 Å². The number of rotatable bonds is 3. The Hall–Kier alpha value is -1.72. The third kappa shape index (κ3) is 1.60. The van der Waals surface area contributed by atoms with E-state index in [9.17, 15) is 13.6 Å². The Morgan fingerprint density at radius 1 is 1.44 bits per heavy atom. The number of anilines is 1. The first-order valence-electron chi connectivity index (χ1n) is 4.82. The Morgan fingerprint density at radius 3 is 2.50 bits per heavy atom. The Morgan fingerprint density at radius 2 is 2.06 bits per heavy atom. The van der Waals surface area contributed by atoms with E-state index in [1.165, 1.54) is 12.1 Å². The van der Waals surface area contributed by atoms with E-state index in [0.717, 1.165) is 0 Å². The molecule has 1 aromatic heterocycles. The minimum atomic E-state index is -2.50. The van der Waals surface area contributed by atoms with Crippen LogP contribution in [0.1, 0.15) is 28.9 Å². The summed E-state index contributed by atoms with van der Waals surface area (Å²) in [5.74, 6) is -0.654. The molecule has 1 aromatic rings. The smallest absolute Gasteiger partial charge is 0.249 e. The first-order chi connectivity index (χ1) is 7.45. The number of carbonyl (C=O) groups excluding carboxylic acids is 1. The number of carbonyl (C=O) groups is 1. The van der Waals surface area contributed by atoms with Crippen molar-refractivity contribution in [3.8, 4) is 0 Å². The molecule has 1 saturated carbocycles. The fourth-order valence-corrected chi connectivity index (χ4v) is 1.67. The molecule has 0 saturated heterocycles. The highest BCUT2D eigenvalue weighted by Crippen LogP contribution is 2.52. The van der Waals surface area contributed by atoms with Crippen LogP contribution in [0.3, 0.4) is 0 Å². The van der Waals surface area contributed by atoms with Crippen molar-refractivity contribution in [1.82, 2.24) is 4.98 Å². The van der Waals surface area contributed by atoms with Gasteiger partial charge in [-0.1, -0.05) is 0 Å². The van der Waals surface area contributed by atoms with Crippen molar-refractivity contribution >= 4 is 11.7 Å². The molecule has 1 aliphatic rings. The molecule has 0 atom stereocenters. The molecule has 86 valence electrons. The molecule has 1 aliphatic carbocycles. The van der Waals surface area contributed by atoms with Crippen LogP contribution in [0.25, 0.3) is 0 Å². The van der Waals surface area contributed by atoms with Crippen molar-refractivity contribution in [3.05, 3.63) is 23.4 Å². The average molecular weight is 227 g/mol. The lowest BCUT2D eigenvalue weighted by atomic mass is 10.0. The monoisotopic (exact) mass is 227 g/mol. The number of hydrogen-bond acceptors (Lipinski definition) is 3. The van der Waals surface area contributed by atoms with Crippen molar-refractivity contribution < 1.29 is 13.6 Å². The zero-order valence-electron chi connectivity index (χ0n) is 8.41. The molecular formula is C10H11F2N3O. The highest BCUT2D eigenvalue weighted by molar-refractivity contribution is 5.93. The molecule has 6 heteroatoms. The van der Waals surface area contributed by atoms with Gasteiger partial charge in [0.15, 0.2) is 0 Å². The van der Waals surface area contributed by atoms with Gasteiger partial charge in [-0.15, -0.1) is 0 Å². The normalized spacial score (nSPS) is 17.4. The molecule has 4 N–H and O–H groups in total. The van der Waals surface area contributed by atoms with E-state index in [2.05, 4.69) is 4.98 Å². The van der Waals surface area contributed by atoms with E-state index >= 15 is 0 Å². The fourth-order valence-electron chi connectivity index (χ4n) is 1.67. The van der Waals surface area contributed by atoms with Gasteiger partial charge in [0.2, 0.25) is 12.3 Å². The summed E-state index contributed by atoms with van der Waals surface area (Å²) in [7, 11) is 0. The summed E-state index contributed by atoms with van der Waals surface area (Å²) in [6.07, 6.45) is -1.78. The lowest BCUT2D eigenvalue weighted by molar-refractivity contribution is 0.0978. The quantitative estimate of drug-likeness (QED) is 0.809. The fraction of sp³-hybridized carbons (Fsp3) is 0.400. The van der Waals surface area contributed by atoms with Gasteiger partial charge in [0.25, 0.3) is 0 Å². The van der Waals surface area contributed by atoms with Crippen LogP contribution in [0.2, 0.25) is 0 Å². The molecule has 0 aliphatic heterocycles. The van der Waals surface area contributed by atoms with Gasteiger partial charge in [-0.25, -0.2) is 13.8 Å². The molecule has 16 heavy (non-hydrogen) atoms. The molecular weight excluding hydrogens is 216 g/mol. The number of nitrogens with two attached hydrogens (primary N) is 2. The second-order valence-electron chi connectivity index (χ2n) is 3.99. The second kappa shape index (κ2) is 3.40. The standard InChI is InChI=1S/C10H11F2N3O/c11-9(12)10(1-2-10)6-3-5(8(14)16)4-7(13)15-6/h3-4,9H,1-2H2,(H2,13,15)(H2,14,16). The van der Waals surface area contributed by atoms with E-state index in [4.69, 9.17) is 11.5 Å². The van der Waals surface area contributed by atoms with Crippen LogP contribution in [0.5, 0.6) is 0 Å². The Labute approximate surface area is 90.6 Å². The number of amides is 1. The highest BCUT2D eigenvalue weighted by atomic mass is 19.3. The largest absolute Gasteiger partial charge is 0.384 e. The van der Waals surface area contributed by atoms with Crippen LogP contribution in [0.4, 0.5) is 14.6 Å². The number of aromatic nitrogens is 1. The van der Waals surface area contributed by atoms with Gasteiger partial charge in [0.05, 0.1) is 11.1 Å². The first-order valence-corrected chi connectivity index (χ1v) is 4.82. The van der Waals surface area contributed by atoms with Gasteiger partial charge < -0.3 is 11.5 Å². The summed E-state index contributed by atoms with van der Waals surface area (Å²) in [6.45, 7) is 0. The predicted octanol–water partition coefficient (Wildman–Crippen LogP) is 1.06. The van der Waals surface area contributed by atoms with Gasteiger partial charge in [0, 0.05) is 5.56 Å². The Kier molecular flexibility index (Phi) is 2.29. The summed E-state index contributed by atoms with van der Waals surface area (Å²) in [5, 5.41) is 0. The molecule has 1 fully saturated rings. The van der Waals surface area contributed by atoms with Crippen molar-refractivity contribution in [2.45, 2.75) is 24.7 Å². The molecule has 0 radical (unpaired) electrons. The zero-order chi connectivity index (χ0) is 11.9. The summed E-state index contributed by atoms with van der Waals surface area (Å²) in [4.78, 5) is 14.8. The number of pyridine rings is 1. The lowest BCUT2D eigenvalue weighted by Gasteiger charge is -2.14. The SMILES string of the molecule is NC(=O)c1cc(N)nc(C2(C(F)F)CC2)c1. The summed E-state index contributed by atoms with van der Waals surface area (Å²) >= 11 is 0. The predicted molar refractivity (Wildman–Crippen MR) is 54.1 cm³/mol. The molecule has 0 unspecified atom stereocenters. The van der Waals surface area contributed by atoms with Crippen molar-refractivity contribution in [1.29, 1.82) is 0 Å². The maximum atomic E-state index is 12.8. The van der Waals surface area contributed by atoms with Gasteiger partial charge in [-0.05, 0) is 25.0 Å². The molecule has 1 heterocycles. The number of nitrogens with zero attached hydrogens (tertiary/aromatic N) is 1. The molecule has 2 rings (SSSR count). The Bertz CT molecular complexity index is 444. The number of hydrogen-bond donors (Lipinski definition) is 2. The van der Waals surface area contributed by atoms with Gasteiger partial charge in [-0.3, -0.25) is 4.79 Å². The minimum absolute atomic E-state index is 0.0400. The maximum Gasteiger partial charge on any atom is 0.249 e.